The van der Waals surface area contributed by atoms with Gasteiger partial charge in [-0.25, -0.2) is 24.3 Å². The van der Waals surface area contributed by atoms with E-state index >= 15 is 0 Å². The smallest absolute Gasteiger partial charge is 0.167 e. The van der Waals surface area contributed by atoms with Crippen LogP contribution in [0.15, 0.2) is 24.8 Å². The molecule has 37 heavy (non-hydrogen) atoms. The number of nitrogens with two attached hydrogens (primary N) is 1. The molecule has 1 aromatic carbocycles. The Morgan fingerprint density at radius 2 is 2.03 bits per heavy atom. The van der Waals surface area contributed by atoms with Crippen LogP contribution in [0.4, 0.5) is 10.2 Å². The molecule has 4 aromatic rings. The van der Waals surface area contributed by atoms with Gasteiger partial charge < -0.3 is 25.7 Å². The van der Waals surface area contributed by atoms with E-state index < -0.39 is 30.4 Å². The number of aliphatic hydroxyl groups excluding tert-OH is 2. The Hall–Kier alpha value is -2.90. The predicted octanol–water partition coefficient (Wildman–Crippen LogP) is 2.43. The molecule has 1 aliphatic rings. The minimum absolute atomic E-state index is 0.0560. The number of aromatic amines is 1. The number of nitrogens with one attached hydrogen (secondary N) is 1. The number of imidazole rings is 2. The summed E-state index contributed by atoms with van der Waals surface area (Å²) in [6.07, 6.45) is 1.58. The molecule has 0 amide bonds. The van der Waals surface area contributed by atoms with E-state index in [1.807, 2.05) is 0 Å². The lowest BCUT2D eigenvalue weighted by Crippen LogP contribution is -2.43. The van der Waals surface area contributed by atoms with Gasteiger partial charge in [0.25, 0.3) is 0 Å². The predicted molar refractivity (Wildman–Crippen MR) is 136 cm³/mol. The molecule has 3 aromatic heterocycles. The summed E-state index contributed by atoms with van der Waals surface area (Å²) in [5.74, 6) is 0.544. The highest BCUT2D eigenvalue weighted by Crippen LogP contribution is 2.32. The van der Waals surface area contributed by atoms with Crippen molar-refractivity contribution in [2.45, 2.75) is 63.7 Å². The molecule has 4 heterocycles. The van der Waals surface area contributed by atoms with E-state index in [0.29, 0.717) is 35.2 Å². The van der Waals surface area contributed by atoms with Gasteiger partial charge in [-0.1, -0.05) is 11.6 Å². The van der Waals surface area contributed by atoms with Crippen molar-refractivity contribution in [1.82, 2.24) is 34.4 Å². The van der Waals surface area contributed by atoms with E-state index in [9.17, 15) is 14.6 Å². The van der Waals surface area contributed by atoms with Crippen molar-refractivity contribution in [2.24, 2.45) is 0 Å². The third-order valence-electron chi connectivity index (χ3n) is 6.83. The van der Waals surface area contributed by atoms with Gasteiger partial charge >= 0.3 is 0 Å². The Balaban J connectivity index is 1.19. The minimum Gasteiger partial charge on any atom is -0.387 e. The van der Waals surface area contributed by atoms with Crippen molar-refractivity contribution in [2.75, 3.05) is 18.8 Å². The Bertz CT molecular complexity index is 1360. The zero-order chi connectivity index (χ0) is 26.3. The number of anilines is 1. The zero-order valence-electron chi connectivity index (χ0n) is 20.6. The summed E-state index contributed by atoms with van der Waals surface area (Å²) < 4.78 is 21.4. The Morgan fingerprint density at radius 3 is 2.81 bits per heavy atom. The molecule has 5 N–H and O–H groups in total. The first-order chi connectivity index (χ1) is 17.7. The van der Waals surface area contributed by atoms with Crippen LogP contribution in [0.1, 0.15) is 38.7 Å². The number of hydrogen-bond donors (Lipinski definition) is 4. The number of aliphatic hydroxyl groups is 2. The number of nitrogens with zero attached hydrogens (tertiary/aromatic N) is 6. The number of rotatable bonds is 9. The van der Waals surface area contributed by atoms with Crippen molar-refractivity contribution >= 4 is 39.6 Å². The van der Waals surface area contributed by atoms with Crippen molar-refractivity contribution in [1.29, 1.82) is 0 Å². The molecule has 1 saturated heterocycles. The average Bonchev–Trinajstić information content (AvgIpc) is 3.53. The van der Waals surface area contributed by atoms with Crippen LogP contribution in [0.2, 0.25) is 5.02 Å². The van der Waals surface area contributed by atoms with Crippen LogP contribution in [0.3, 0.4) is 0 Å². The molecule has 0 spiro atoms. The fourth-order valence-corrected chi connectivity index (χ4v) is 4.90. The lowest BCUT2D eigenvalue weighted by molar-refractivity contribution is -0.0469. The number of aryl methyl sites for hydroxylation is 1. The number of fused-ring (bicyclic) bond motifs is 2. The summed E-state index contributed by atoms with van der Waals surface area (Å²) in [5, 5.41) is 21.6. The second-order valence-corrected chi connectivity index (χ2v) is 10.0. The highest BCUT2D eigenvalue weighted by Gasteiger charge is 2.45. The van der Waals surface area contributed by atoms with Gasteiger partial charge in [0.2, 0.25) is 0 Å². The summed E-state index contributed by atoms with van der Waals surface area (Å²) in [5.41, 5.74) is 7.99. The molecule has 11 nitrogen and oxygen atoms in total. The zero-order valence-corrected chi connectivity index (χ0v) is 21.3. The largest absolute Gasteiger partial charge is 0.387 e. The highest BCUT2D eigenvalue weighted by atomic mass is 35.5. The van der Waals surface area contributed by atoms with E-state index in [1.54, 1.807) is 4.57 Å². The molecule has 13 heteroatoms. The second-order valence-electron chi connectivity index (χ2n) is 9.64. The first kappa shape index (κ1) is 25.7. The molecular formula is C24H30ClFN8O3. The fourth-order valence-electron chi connectivity index (χ4n) is 4.74. The standard InChI is InChI=1S/C24H30ClFN8O3/c1-12(2)33(6-4-3-5-18-31-15-7-13(25)14(26)8-16(15)32-18)9-17-20(35)21(36)24(37-17)34-11-30-19-22(27)28-10-29-23(19)34/h7-8,10-12,17,20-21,24,35-36H,3-6,9H2,1-2H3,(H,31,32)(H2,27,28,29)/t17-,20-,21-,24-/m1/s1. The van der Waals surface area contributed by atoms with Gasteiger partial charge in [0.05, 0.1) is 22.4 Å². The summed E-state index contributed by atoms with van der Waals surface area (Å²) in [6.45, 7) is 5.37. The Kier molecular flexibility index (Phi) is 7.28. The maximum Gasteiger partial charge on any atom is 0.167 e. The van der Waals surface area contributed by atoms with Gasteiger partial charge in [0.15, 0.2) is 17.7 Å². The van der Waals surface area contributed by atoms with Crippen LogP contribution in [0.5, 0.6) is 0 Å². The lowest BCUT2D eigenvalue weighted by atomic mass is 10.1. The van der Waals surface area contributed by atoms with Crippen LogP contribution in [-0.2, 0) is 11.2 Å². The number of H-pyrrole nitrogens is 1. The van der Waals surface area contributed by atoms with Crippen molar-refractivity contribution < 1.29 is 19.3 Å². The second kappa shape index (κ2) is 10.5. The van der Waals surface area contributed by atoms with Crippen LogP contribution >= 0.6 is 11.6 Å². The SMILES string of the molecule is CC(C)N(CCCCc1nc2cc(Cl)c(F)cc2[nH]1)C[C@H]1O[C@@H](n2cnc3c(N)ncnc32)[C@H](O)[C@@H]1O. The molecule has 0 unspecified atom stereocenters. The average molecular weight is 533 g/mol. The van der Waals surface area contributed by atoms with Gasteiger partial charge in [-0.05, 0) is 39.3 Å². The molecule has 4 atom stereocenters. The van der Waals surface area contributed by atoms with Crippen molar-refractivity contribution in [3.8, 4) is 0 Å². The first-order valence-electron chi connectivity index (χ1n) is 12.2. The third-order valence-corrected chi connectivity index (χ3v) is 7.11. The van der Waals surface area contributed by atoms with Gasteiger partial charge in [-0.15, -0.1) is 0 Å². The van der Waals surface area contributed by atoms with E-state index in [1.165, 1.54) is 24.8 Å². The topological polar surface area (TPSA) is 151 Å². The molecule has 0 bridgehead atoms. The van der Waals surface area contributed by atoms with Gasteiger partial charge in [-0.3, -0.25) is 9.47 Å². The molecule has 5 rings (SSSR count). The maximum absolute atomic E-state index is 13.7. The number of ether oxygens (including phenoxy) is 1. The van der Waals surface area contributed by atoms with E-state index in [-0.39, 0.29) is 16.9 Å². The summed E-state index contributed by atoms with van der Waals surface area (Å²) in [4.78, 5) is 22.2. The molecule has 0 radical (unpaired) electrons. The molecule has 198 valence electrons. The van der Waals surface area contributed by atoms with Crippen LogP contribution in [-0.4, -0.2) is 82.0 Å². The third kappa shape index (κ3) is 5.12. The van der Waals surface area contributed by atoms with Crippen LogP contribution in [0, 0.1) is 5.82 Å². The monoisotopic (exact) mass is 532 g/mol. The number of nitrogen functional groups attached to an aromatic ring is 1. The molecule has 1 fully saturated rings. The lowest BCUT2D eigenvalue weighted by Gasteiger charge is -2.30. The summed E-state index contributed by atoms with van der Waals surface area (Å²) in [7, 11) is 0. The van der Waals surface area contributed by atoms with Crippen molar-refractivity contribution in [3.05, 3.63) is 41.5 Å². The Labute approximate surface area is 217 Å². The molecule has 0 aliphatic carbocycles. The summed E-state index contributed by atoms with van der Waals surface area (Å²) >= 11 is 5.85. The quantitative estimate of drug-likeness (QED) is 0.238. The highest BCUT2D eigenvalue weighted by molar-refractivity contribution is 6.31. The van der Waals surface area contributed by atoms with Gasteiger partial charge in [0.1, 0.15) is 41.8 Å². The maximum atomic E-state index is 13.7. The van der Waals surface area contributed by atoms with E-state index in [4.69, 9.17) is 22.1 Å². The number of aromatic nitrogens is 6. The number of halogens is 2. The molecule has 1 aliphatic heterocycles. The number of unbranched alkanes of at least 4 members (excludes halogenated alkanes) is 1. The fraction of sp³-hybridized carbons (Fsp3) is 0.500. The van der Waals surface area contributed by atoms with Gasteiger partial charge in [0, 0.05) is 25.1 Å². The number of hydrogen-bond acceptors (Lipinski definition) is 9. The van der Waals surface area contributed by atoms with Crippen LogP contribution < -0.4 is 5.73 Å². The number of benzene rings is 1. The minimum atomic E-state index is -1.15. The van der Waals surface area contributed by atoms with Crippen molar-refractivity contribution in [3.63, 3.8) is 0 Å². The van der Waals surface area contributed by atoms with Crippen LogP contribution in [0.25, 0.3) is 22.2 Å². The van der Waals surface area contributed by atoms with E-state index in [0.717, 1.165) is 25.2 Å². The summed E-state index contributed by atoms with van der Waals surface area (Å²) in [6, 6.07) is 3.08. The molecular weight excluding hydrogens is 503 g/mol. The van der Waals surface area contributed by atoms with E-state index in [2.05, 4.69) is 43.7 Å². The first-order valence-corrected chi connectivity index (χ1v) is 12.6. The molecule has 0 saturated carbocycles. The Morgan fingerprint density at radius 1 is 1.22 bits per heavy atom. The van der Waals surface area contributed by atoms with Gasteiger partial charge in [-0.2, -0.15) is 0 Å². The normalized spacial score (nSPS) is 22.3.